The van der Waals surface area contributed by atoms with E-state index in [9.17, 15) is 9.00 Å². The zero-order valence-electron chi connectivity index (χ0n) is 16.4. The van der Waals surface area contributed by atoms with E-state index < -0.39 is 10.8 Å². The summed E-state index contributed by atoms with van der Waals surface area (Å²) in [6.07, 6.45) is 0. The van der Waals surface area contributed by atoms with Gasteiger partial charge in [-0.3, -0.25) is 13.9 Å². The molecule has 1 fully saturated rings. The number of likely N-dealkylation sites (N-methyl/N-ethyl adjacent to an activating group) is 1. The van der Waals surface area contributed by atoms with E-state index in [0.29, 0.717) is 17.4 Å². The molecule has 1 aliphatic heterocycles. The Labute approximate surface area is 172 Å². The maximum absolute atomic E-state index is 12.9. The Balaban J connectivity index is 1.42. The van der Waals surface area contributed by atoms with Gasteiger partial charge in [0.25, 0.3) is 0 Å². The molecular weight excluding hydrogens is 386 g/mol. The van der Waals surface area contributed by atoms with Crippen LogP contribution in [0.2, 0.25) is 0 Å². The van der Waals surface area contributed by atoms with Crippen molar-refractivity contribution in [2.45, 2.75) is 10.9 Å². The number of nitrogens with zero attached hydrogens (tertiary/aromatic N) is 3. The number of carbonyl (C=O) groups is 1. The van der Waals surface area contributed by atoms with Gasteiger partial charge in [0.05, 0.1) is 34.1 Å². The van der Waals surface area contributed by atoms with E-state index in [2.05, 4.69) is 32.1 Å². The van der Waals surface area contributed by atoms with Gasteiger partial charge >= 0.3 is 0 Å². The van der Waals surface area contributed by atoms with Gasteiger partial charge in [-0.1, -0.05) is 30.3 Å². The van der Waals surface area contributed by atoms with E-state index in [1.165, 1.54) is 0 Å². The molecule has 3 aromatic rings. The maximum atomic E-state index is 12.9. The molecule has 0 saturated carbocycles. The van der Waals surface area contributed by atoms with Gasteiger partial charge in [-0.05, 0) is 30.8 Å². The molecule has 1 atom stereocenters. The number of amides is 1. The van der Waals surface area contributed by atoms with Crippen molar-refractivity contribution in [3.8, 4) is 0 Å². The van der Waals surface area contributed by atoms with Crippen molar-refractivity contribution < 1.29 is 9.00 Å². The van der Waals surface area contributed by atoms with Crippen molar-refractivity contribution in [1.82, 2.24) is 19.8 Å². The Morgan fingerprint density at radius 3 is 2.62 bits per heavy atom. The summed E-state index contributed by atoms with van der Waals surface area (Å²) in [6, 6.07) is 15.1. The Hall–Kier alpha value is -2.55. The molecule has 0 bridgehead atoms. The van der Waals surface area contributed by atoms with Crippen LogP contribution in [0.5, 0.6) is 0 Å². The summed E-state index contributed by atoms with van der Waals surface area (Å²) in [4.78, 5) is 24.5. The van der Waals surface area contributed by atoms with Gasteiger partial charge in [0.15, 0.2) is 5.16 Å². The topological polar surface area (TPSA) is 81.3 Å². The number of piperazine rings is 1. The van der Waals surface area contributed by atoms with Crippen LogP contribution in [0.25, 0.3) is 11.0 Å². The van der Waals surface area contributed by atoms with Gasteiger partial charge in [0, 0.05) is 31.9 Å². The number of hydrogen-bond donors (Lipinski definition) is 2. The number of aromatic nitrogens is 2. The highest BCUT2D eigenvalue weighted by Crippen LogP contribution is 2.20. The number of rotatable bonds is 6. The molecule has 1 saturated heterocycles. The van der Waals surface area contributed by atoms with E-state index in [1.807, 2.05) is 48.5 Å². The lowest BCUT2D eigenvalue weighted by Crippen LogP contribution is -2.47. The molecule has 1 aliphatic rings. The molecule has 8 heteroatoms. The summed E-state index contributed by atoms with van der Waals surface area (Å²) in [5, 5.41) is 3.44. The summed E-state index contributed by atoms with van der Waals surface area (Å²) in [5.74, 6) is 0.238. The molecule has 1 aromatic heterocycles. The van der Waals surface area contributed by atoms with Crippen LogP contribution in [0.1, 0.15) is 5.56 Å². The quantitative estimate of drug-likeness (QED) is 0.649. The zero-order chi connectivity index (χ0) is 20.2. The third-order valence-corrected chi connectivity index (χ3v) is 6.32. The van der Waals surface area contributed by atoms with Crippen LogP contribution in [-0.2, 0) is 21.3 Å². The number of H-pyrrole nitrogens is 1. The van der Waals surface area contributed by atoms with Crippen LogP contribution >= 0.6 is 0 Å². The van der Waals surface area contributed by atoms with Gasteiger partial charge in [0.1, 0.15) is 0 Å². The van der Waals surface area contributed by atoms with Crippen LogP contribution in [0.15, 0.2) is 53.7 Å². The first-order chi connectivity index (χ1) is 14.1. The van der Waals surface area contributed by atoms with E-state index >= 15 is 0 Å². The van der Waals surface area contributed by atoms with E-state index in [4.69, 9.17) is 0 Å². The van der Waals surface area contributed by atoms with Gasteiger partial charge in [0.2, 0.25) is 5.91 Å². The number of para-hydroxylation sites is 3. The predicted octanol–water partition coefficient (Wildman–Crippen LogP) is 2.06. The first-order valence-corrected chi connectivity index (χ1v) is 11.0. The first-order valence-electron chi connectivity index (χ1n) is 9.70. The van der Waals surface area contributed by atoms with Crippen molar-refractivity contribution in [1.29, 1.82) is 0 Å². The zero-order valence-corrected chi connectivity index (χ0v) is 17.2. The Bertz CT molecular complexity index is 994. The van der Waals surface area contributed by atoms with Gasteiger partial charge < -0.3 is 15.2 Å². The number of fused-ring (bicyclic) bond motifs is 1. The largest absolute Gasteiger partial charge is 0.331 e. The first kappa shape index (κ1) is 19.8. The van der Waals surface area contributed by atoms with Crippen LogP contribution in [0.3, 0.4) is 0 Å². The average molecular weight is 412 g/mol. The van der Waals surface area contributed by atoms with Gasteiger partial charge in [-0.2, -0.15) is 0 Å². The summed E-state index contributed by atoms with van der Waals surface area (Å²) < 4.78 is 12.9. The number of anilines is 1. The molecule has 29 heavy (non-hydrogen) atoms. The number of benzene rings is 2. The summed E-state index contributed by atoms with van der Waals surface area (Å²) in [5.41, 5.74) is 3.20. The van der Waals surface area contributed by atoms with Crippen LogP contribution in [0.4, 0.5) is 5.69 Å². The van der Waals surface area contributed by atoms with Crippen molar-refractivity contribution in [3.05, 3.63) is 54.1 Å². The van der Waals surface area contributed by atoms with E-state index in [-0.39, 0.29) is 11.7 Å². The minimum absolute atomic E-state index is 0.0449. The molecular formula is C21H25N5O2S. The summed E-state index contributed by atoms with van der Waals surface area (Å²) in [6.45, 7) is 4.10. The standard InChI is InChI=1S/C21H25N5O2S/c1-25-10-12-26(13-11-25)14-20(27)22-17-7-3-2-6-16(17)15-29(28)21-23-18-8-4-5-9-19(18)24-21/h2-9H,10-15H2,1H3,(H,22,27)(H,23,24)/t29-/m0/s1. The third-order valence-electron chi connectivity index (χ3n) is 5.12. The van der Waals surface area contributed by atoms with Gasteiger partial charge in [-0.15, -0.1) is 0 Å². The second-order valence-electron chi connectivity index (χ2n) is 7.33. The molecule has 2 N–H and O–H groups in total. The Morgan fingerprint density at radius 2 is 1.83 bits per heavy atom. The van der Waals surface area contributed by atoms with E-state index in [1.54, 1.807) is 0 Å². The van der Waals surface area contributed by atoms with Crippen LogP contribution < -0.4 is 5.32 Å². The maximum Gasteiger partial charge on any atom is 0.238 e. The van der Waals surface area contributed by atoms with Gasteiger partial charge in [-0.25, -0.2) is 4.98 Å². The second-order valence-corrected chi connectivity index (χ2v) is 8.70. The fourth-order valence-electron chi connectivity index (χ4n) is 3.41. The molecule has 7 nitrogen and oxygen atoms in total. The molecule has 0 spiro atoms. The monoisotopic (exact) mass is 411 g/mol. The van der Waals surface area contributed by atoms with Crippen LogP contribution in [0, 0.1) is 0 Å². The smallest absolute Gasteiger partial charge is 0.238 e. The second kappa shape index (κ2) is 8.86. The predicted molar refractivity (Wildman–Crippen MR) is 115 cm³/mol. The number of carbonyl (C=O) groups excluding carboxylic acids is 1. The molecule has 0 radical (unpaired) electrons. The SMILES string of the molecule is CN1CCN(CC(=O)Nc2ccccc2C[S@](=O)c2nc3ccccc3[nH]2)CC1. The molecule has 2 aromatic carbocycles. The number of aromatic amines is 1. The minimum atomic E-state index is -1.34. The number of nitrogens with one attached hydrogen (secondary N) is 2. The molecule has 152 valence electrons. The lowest BCUT2D eigenvalue weighted by atomic mass is 10.2. The Kier molecular flexibility index (Phi) is 6.03. The molecule has 0 aliphatic carbocycles. The van der Waals surface area contributed by atoms with Crippen molar-refractivity contribution >= 4 is 33.4 Å². The van der Waals surface area contributed by atoms with E-state index in [0.717, 1.165) is 42.8 Å². The number of imidazole rings is 1. The molecule has 4 rings (SSSR count). The fourth-order valence-corrected chi connectivity index (χ4v) is 4.51. The van der Waals surface area contributed by atoms with Crippen molar-refractivity contribution in [2.24, 2.45) is 0 Å². The van der Waals surface area contributed by atoms with Crippen molar-refractivity contribution in [3.63, 3.8) is 0 Å². The number of hydrogen-bond acceptors (Lipinski definition) is 5. The Morgan fingerprint density at radius 1 is 1.10 bits per heavy atom. The summed E-state index contributed by atoms with van der Waals surface area (Å²) in [7, 11) is 0.757. The highest BCUT2D eigenvalue weighted by molar-refractivity contribution is 7.84. The van der Waals surface area contributed by atoms with Crippen LogP contribution in [-0.4, -0.2) is 69.7 Å². The molecule has 2 heterocycles. The highest BCUT2D eigenvalue weighted by atomic mass is 32.2. The average Bonchev–Trinajstić information content (AvgIpc) is 3.16. The molecule has 1 amide bonds. The third kappa shape index (κ3) is 4.90. The normalized spacial score (nSPS) is 16.7. The molecule has 0 unspecified atom stereocenters. The minimum Gasteiger partial charge on any atom is -0.331 e. The van der Waals surface area contributed by atoms with Crippen molar-refractivity contribution in [2.75, 3.05) is 45.1 Å². The fraction of sp³-hybridized carbons (Fsp3) is 0.333. The summed E-state index contributed by atoms with van der Waals surface area (Å²) >= 11 is 0. The highest BCUT2D eigenvalue weighted by Gasteiger charge is 2.18. The lowest BCUT2D eigenvalue weighted by Gasteiger charge is -2.31. The lowest BCUT2D eigenvalue weighted by molar-refractivity contribution is -0.117.